The van der Waals surface area contributed by atoms with Crippen molar-refractivity contribution in [1.82, 2.24) is 4.98 Å². The van der Waals surface area contributed by atoms with E-state index >= 15 is 0 Å². The number of nitrogen functional groups attached to an aromatic ring is 1. The lowest BCUT2D eigenvalue weighted by atomic mass is 10.1. The Morgan fingerprint density at radius 3 is 3.00 bits per heavy atom. The van der Waals surface area contributed by atoms with Crippen LogP contribution in [0.3, 0.4) is 0 Å². The molecule has 0 spiro atoms. The molecular formula is C12H19N5O2. The van der Waals surface area contributed by atoms with Crippen LogP contribution in [0.5, 0.6) is 0 Å². The highest BCUT2D eigenvalue weighted by molar-refractivity contribution is 5.85. The Hall–Kier alpha value is -2.02. The summed E-state index contributed by atoms with van der Waals surface area (Å²) in [6.45, 7) is 3.18. The van der Waals surface area contributed by atoms with Gasteiger partial charge < -0.3 is 26.8 Å². The molecule has 0 saturated carbocycles. The summed E-state index contributed by atoms with van der Waals surface area (Å²) in [4.78, 5) is 17.5. The van der Waals surface area contributed by atoms with Gasteiger partial charge in [-0.3, -0.25) is 4.79 Å². The quantitative estimate of drug-likeness (QED) is 0.584. The number of primary amides is 1. The monoisotopic (exact) mass is 265 g/mol. The molecule has 104 valence electrons. The van der Waals surface area contributed by atoms with Gasteiger partial charge in [0.1, 0.15) is 11.9 Å². The third kappa shape index (κ3) is 2.55. The SMILES string of the molecule is CCNc1nc(N2CCC(O)C2C(N)=O)ccc1N. The van der Waals surface area contributed by atoms with E-state index in [9.17, 15) is 9.90 Å². The summed E-state index contributed by atoms with van der Waals surface area (Å²) < 4.78 is 0. The molecule has 6 N–H and O–H groups in total. The largest absolute Gasteiger partial charge is 0.396 e. The zero-order chi connectivity index (χ0) is 14.0. The van der Waals surface area contributed by atoms with Crippen LogP contribution in [0.15, 0.2) is 12.1 Å². The van der Waals surface area contributed by atoms with Gasteiger partial charge in [0, 0.05) is 13.1 Å². The van der Waals surface area contributed by atoms with Crippen molar-refractivity contribution in [2.45, 2.75) is 25.5 Å². The molecule has 1 aliphatic heterocycles. The molecule has 1 fully saturated rings. The standard InChI is InChI=1S/C12H19N5O2/c1-2-15-12-7(13)3-4-9(16-12)17-6-5-8(18)10(17)11(14)19/h3-4,8,10,18H,2,5-6,13H2,1H3,(H2,14,19)(H,15,16). The fourth-order valence-electron chi connectivity index (χ4n) is 2.30. The number of carbonyl (C=O) groups is 1. The summed E-state index contributed by atoms with van der Waals surface area (Å²) in [5.41, 5.74) is 11.7. The third-order valence-electron chi connectivity index (χ3n) is 3.21. The maximum Gasteiger partial charge on any atom is 0.242 e. The Labute approximate surface area is 111 Å². The molecular weight excluding hydrogens is 246 g/mol. The normalized spacial score (nSPS) is 22.5. The second kappa shape index (κ2) is 5.31. The predicted octanol–water partition coefficient (Wildman–Crippen LogP) is -0.479. The number of rotatable bonds is 4. The number of amides is 1. The number of anilines is 3. The molecule has 0 bridgehead atoms. The minimum atomic E-state index is -0.751. The third-order valence-corrected chi connectivity index (χ3v) is 3.21. The molecule has 7 heteroatoms. The van der Waals surface area contributed by atoms with Gasteiger partial charge in [-0.2, -0.15) is 0 Å². The first kappa shape index (κ1) is 13.4. The summed E-state index contributed by atoms with van der Waals surface area (Å²) in [5, 5.41) is 12.9. The Morgan fingerprint density at radius 1 is 1.63 bits per heavy atom. The summed E-state index contributed by atoms with van der Waals surface area (Å²) in [6.07, 6.45) is -0.254. The molecule has 0 aromatic carbocycles. The van der Waals surface area contributed by atoms with E-state index in [1.807, 2.05) is 6.92 Å². The molecule has 19 heavy (non-hydrogen) atoms. The summed E-state index contributed by atoms with van der Waals surface area (Å²) in [7, 11) is 0. The number of aromatic nitrogens is 1. The second-order valence-electron chi connectivity index (χ2n) is 4.53. The molecule has 1 aliphatic rings. The van der Waals surface area contributed by atoms with Gasteiger partial charge in [-0.25, -0.2) is 4.98 Å². The molecule has 2 rings (SSSR count). The highest BCUT2D eigenvalue weighted by Gasteiger charge is 2.37. The van der Waals surface area contributed by atoms with Crippen molar-refractivity contribution in [3.05, 3.63) is 12.1 Å². The van der Waals surface area contributed by atoms with Crippen molar-refractivity contribution in [2.75, 3.05) is 29.0 Å². The van der Waals surface area contributed by atoms with E-state index < -0.39 is 18.1 Å². The fraction of sp³-hybridized carbons (Fsp3) is 0.500. The predicted molar refractivity (Wildman–Crippen MR) is 73.8 cm³/mol. The Kier molecular flexibility index (Phi) is 3.75. The molecule has 2 unspecified atom stereocenters. The van der Waals surface area contributed by atoms with Crippen LogP contribution in [-0.2, 0) is 4.79 Å². The lowest BCUT2D eigenvalue weighted by Crippen LogP contribution is -2.46. The van der Waals surface area contributed by atoms with E-state index in [2.05, 4.69) is 10.3 Å². The van der Waals surface area contributed by atoms with Gasteiger partial charge in [-0.05, 0) is 25.5 Å². The van der Waals surface area contributed by atoms with E-state index in [1.54, 1.807) is 17.0 Å². The first-order chi connectivity index (χ1) is 9.04. The van der Waals surface area contributed by atoms with Gasteiger partial charge in [0.25, 0.3) is 0 Å². The highest BCUT2D eigenvalue weighted by Crippen LogP contribution is 2.27. The van der Waals surface area contributed by atoms with Crippen LogP contribution in [0.4, 0.5) is 17.3 Å². The van der Waals surface area contributed by atoms with E-state index in [4.69, 9.17) is 11.5 Å². The van der Waals surface area contributed by atoms with Crippen molar-refractivity contribution >= 4 is 23.2 Å². The van der Waals surface area contributed by atoms with Crippen molar-refractivity contribution in [2.24, 2.45) is 5.73 Å². The molecule has 0 radical (unpaired) electrons. The summed E-state index contributed by atoms with van der Waals surface area (Å²) in [5.74, 6) is 0.615. The van der Waals surface area contributed by atoms with Crippen LogP contribution >= 0.6 is 0 Å². The number of pyridine rings is 1. The second-order valence-corrected chi connectivity index (χ2v) is 4.53. The first-order valence-electron chi connectivity index (χ1n) is 6.29. The lowest BCUT2D eigenvalue weighted by Gasteiger charge is -2.25. The minimum absolute atomic E-state index is 0.496. The van der Waals surface area contributed by atoms with Crippen LogP contribution < -0.4 is 21.7 Å². The number of nitrogens with one attached hydrogen (secondary N) is 1. The summed E-state index contributed by atoms with van der Waals surface area (Å²) >= 11 is 0. The van der Waals surface area contributed by atoms with Crippen molar-refractivity contribution in [3.63, 3.8) is 0 Å². The van der Waals surface area contributed by atoms with E-state index in [0.29, 0.717) is 36.8 Å². The van der Waals surface area contributed by atoms with Crippen LogP contribution in [0.25, 0.3) is 0 Å². The van der Waals surface area contributed by atoms with Gasteiger partial charge in [-0.15, -0.1) is 0 Å². The van der Waals surface area contributed by atoms with Gasteiger partial charge in [0.2, 0.25) is 5.91 Å². The number of hydrogen-bond acceptors (Lipinski definition) is 6. The number of nitrogens with two attached hydrogens (primary N) is 2. The average Bonchev–Trinajstić information content (AvgIpc) is 2.74. The van der Waals surface area contributed by atoms with E-state index in [0.717, 1.165) is 0 Å². The van der Waals surface area contributed by atoms with Crippen molar-refractivity contribution < 1.29 is 9.90 Å². The highest BCUT2D eigenvalue weighted by atomic mass is 16.3. The number of aliphatic hydroxyl groups is 1. The van der Waals surface area contributed by atoms with Crippen LogP contribution in [0.2, 0.25) is 0 Å². The Bertz CT molecular complexity index is 479. The molecule has 7 nitrogen and oxygen atoms in total. The number of carbonyl (C=O) groups excluding carboxylic acids is 1. The molecule has 1 aromatic heterocycles. The van der Waals surface area contributed by atoms with Gasteiger partial charge in [0.05, 0.1) is 11.8 Å². The van der Waals surface area contributed by atoms with E-state index in [1.165, 1.54) is 0 Å². The lowest BCUT2D eigenvalue weighted by molar-refractivity contribution is -0.120. The molecule has 0 aliphatic carbocycles. The molecule has 1 aromatic rings. The minimum Gasteiger partial charge on any atom is -0.396 e. The average molecular weight is 265 g/mol. The van der Waals surface area contributed by atoms with Gasteiger partial charge >= 0.3 is 0 Å². The first-order valence-corrected chi connectivity index (χ1v) is 6.29. The molecule has 1 saturated heterocycles. The molecule has 2 heterocycles. The number of aliphatic hydroxyl groups excluding tert-OH is 1. The van der Waals surface area contributed by atoms with E-state index in [-0.39, 0.29) is 0 Å². The van der Waals surface area contributed by atoms with Crippen molar-refractivity contribution in [3.8, 4) is 0 Å². The maximum absolute atomic E-state index is 11.4. The molecule has 2 atom stereocenters. The van der Waals surface area contributed by atoms with Crippen LogP contribution in [-0.4, -0.2) is 41.2 Å². The number of nitrogens with zero attached hydrogens (tertiary/aromatic N) is 2. The topological polar surface area (TPSA) is 117 Å². The summed E-state index contributed by atoms with van der Waals surface area (Å²) in [6, 6.07) is 2.72. The fourth-order valence-corrected chi connectivity index (χ4v) is 2.30. The molecule has 1 amide bonds. The van der Waals surface area contributed by atoms with Crippen LogP contribution in [0.1, 0.15) is 13.3 Å². The zero-order valence-corrected chi connectivity index (χ0v) is 10.8. The maximum atomic E-state index is 11.4. The van der Waals surface area contributed by atoms with Gasteiger partial charge in [0.15, 0.2) is 5.82 Å². The smallest absolute Gasteiger partial charge is 0.242 e. The Balaban J connectivity index is 2.31. The number of hydrogen-bond donors (Lipinski definition) is 4. The van der Waals surface area contributed by atoms with Gasteiger partial charge in [-0.1, -0.05) is 0 Å². The zero-order valence-electron chi connectivity index (χ0n) is 10.8. The Morgan fingerprint density at radius 2 is 2.37 bits per heavy atom. The van der Waals surface area contributed by atoms with Crippen LogP contribution in [0, 0.1) is 0 Å². The van der Waals surface area contributed by atoms with Crippen molar-refractivity contribution in [1.29, 1.82) is 0 Å².